The Hall–Kier alpha value is -2.69. The van der Waals surface area contributed by atoms with Gasteiger partial charge in [-0.3, -0.25) is 14.9 Å². The number of amides is 1. The van der Waals surface area contributed by atoms with Gasteiger partial charge in [0.1, 0.15) is 5.56 Å². The number of aryl methyl sites for hydroxylation is 1. The first-order chi connectivity index (χ1) is 10.1. The summed E-state index contributed by atoms with van der Waals surface area (Å²) >= 11 is 0. The summed E-state index contributed by atoms with van der Waals surface area (Å²) < 4.78 is 0. The molecule has 0 bridgehead atoms. The number of anilines is 1. The van der Waals surface area contributed by atoms with Crippen molar-refractivity contribution in [3.63, 3.8) is 0 Å². The van der Waals surface area contributed by atoms with Gasteiger partial charge in [-0.05, 0) is 31.5 Å². The Bertz CT molecular complexity index is 683. The van der Waals surface area contributed by atoms with Crippen LogP contribution in [-0.4, -0.2) is 17.4 Å². The van der Waals surface area contributed by atoms with Crippen LogP contribution in [0.4, 0.5) is 11.4 Å². The predicted molar refractivity (Wildman–Crippen MR) is 81.6 cm³/mol. The number of hydrogen-bond acceptors (Lipinski definition) is 3. The minimum absolute atomic E-state index is 0.104. The monoisotopic (exact) mass is 284 g/mol. The molecule has 0 N–H and O–H groups in total. The number of nitro benzene ring substituents is 1. The second-order valence-corrected chi connectivity index (χ2v) is 4.61. The molecule has 0 aliphatic rings. The number of rotatable bonds is 4. The van der Waals surface area contributed by atoms with E-state index in [0.29, 0.717) is 6.54 Å². The zero-order valence-corrected chi connectivity index (χ0v) is 11.9. The van der Waals surface area contributed by atoms with E-state index in [4.69, 9.17) is 0 Å². The summed E-state index contributed by atoms with van der Waals surface area (Å²) in [6, 6.07) is 13.5. The van der Waals surface area contributed by atoms with E-state index in [1.54, 1.807) is 17.0 Å². The molecule has 21 heavy (non-hydrogen) atoms. The first-order valence-electron chi connectivity index (χ1n) is 6.67. The van der Waals surface area contributed by atoms with E-state index in [1.165, 1.54) is 12.1 Å². The third kappa shape index (κ3) is 2.91. The van der Waals surface area contributed by atoms with Gasteiger partial charge >= 0.3 is 0 Å². The van der Waals surface area contributed by atoms with E-state index in [-0.39, 0.29) is 17.2 Å². The van der Waals surface area contributed by atoms with Crippen molar-refractivity contribution >= 4 is 17.3 Å². The molecule has 0 aromatic heterocycles. The third-order valence-electron chi connectivity index (χ3n) is 3.30. The van der Waals surface area contributed by atoms with Crippen LogP contribution in [0.5, 0.6) is 0 Å². The Morgan fingerprint density at radius 2 is 1.76 bits per heavy atom. The highest BCUT2D eigenvalue weighted by molar-refractivity contribution is 6.09. The molecule has 5 nitrogen and oxygen atoms in total. The van der Waals surface area contributed by atoms with Gasteiger partial charge in [0.05, 0.1) is 4.92 Å². The van der Waals surface area contributed by atoms with Crippen molar-refractivity contribution in [2.45, 2.75) is 13.8 Å². The lowest BCUT2D eigenvalue weighted by atomic mass is 10.1. The average Bonchev–Trinajstić information content (AvgIpc) is 2.49. The molecular formula is C16H16N2O3. The highest BCUT2D eigenvalue weighted by Gasteiger charge is 2.24. The van der Waals surface area contributed by atoms with Crippen LogP contribution in [0.15, 0.2) is 48.5 Å². The fourth-order valence-electron chi connectivity index (χ4n) is 2.25. The highest BCUT2D eigenvalue weighted by atomic mass is 16.6. The molecule has 0 atom stereocenters. The van der Waals surface area contributed by atoms with Crippen LogP contribution in [0.1, 0.15) is 22.8 Å². The number of nitrogens with zero attached hydrogens (tertiary/aromatic N) is 2. The molecule has 0 aliphatic carbocycles. The number of carbonyl (C=O) groups is 1. The van der Waals surface area contributed by atoms with E-state index in [0.717, 1.165) is 11.3 Å². The van der Waals surface area contributed by atoms with Gasteiger partial charge in [-0.25, -0.2) is 0 Å². The van der Waals surface area contributed by atoms with Crippen molar-refractivity contribution in [3.8, 4) is 0 Å². The smallest absolute Gasteiger partial charge is 0.282 e. The number of para-hydroxylation sites is 2. The Morgan fingerprint density at radius 1 is 1.14 bits per heavy atom. The van der Waals surface area contributed by atoms with Gasteiger partial charge in [0, 0.05) is 18.3 Å². The van der Waals surface area contributed by atoms with Crippen LogP contribution in [0.25, 0.3) is 0 Å². The van der Waals surface area contributed by atoms with E-state index in [9.17, 15) is 14.9 Å². The molecule has 0 saturated heterocycles. The zero-order chi connectivity index (χ0) is 15.4. The summed E-state index contributed by atoms with van der Waals surface area (Å²) in [5.41, 5.74) is 1.65. The normalized spacial score (nSPS) is 10.2. The predicted octanol–water partition coefficient (Wildman–Crippen LogP) is 3.57. The second-order valence-electron chi connectivity index (χ2n) is 4.61. The lowest BCUT2D eigenvalue weighted by Crippen LogP contribution is -2.31. The maximum atomic E-state index is 12.7. The average molecular weight is 284 g/mol. The lowest BCUT2D eigenvalue weighted by molar-refractivity contribution is -0.385. The summed E-state index contributed by atoms with van der Waals surface area (Å²) in [5, 5.41) is 11.1. The molecule has 0 radical (unpaired) electrons. The Labute approximate surface area is 123 Å². The van der Waals surface area contributed by atoms with Crippen LogP contribution < -0.4 is 4.90 Å². The molecule has 2 rings (SSSR count). The standard InChI is InChI=1S/C16H16N2O3/c1-3-17(14-10-6-4-8-12(14)2)16(19)13-9-5-7-11-15(13)18(20)21/h4-11H,3H2,1-2H3. The summed E-state index contributed by atoms with van der Waals surface area (Å²) in [7, 11) is 0. The molecule has 2 aromatic rings. The van der Waals surface area contributed by atoms with Crippen LogP contribution in [-0.2, 0) is 0 Å². The maximum absolute atomic E-state index is 12.7. The van der Waals surface area contributed by atoms with E-state index < -0.39 is 4.92 Å². The van der Waals surface area contributed by atoms with Crippen LogP contribution >= 0.6 is 0 Å². The van der Waals surface area contributed by atoms with Crippen LogP contribution in [0, 0.1) is 17.0 Å². The summed E-state index contributed by atoms with van der Waals surface area (Å²) in [6.07, 6.45) is 0. The maximum Gasteiger partial charge on any atom is 0.282 e. The molecule has 0 aliphatic heterocycles. The van der Waals surface area contributed by atoms with Gasteiger partial charge in [0.2, 0.25) is 0 Å². The number of hydrogen-bond donors (Lipinski definition) is 0. The molecule has 0 spiro atoms. The Morgan fingerprint density at radius 3 is 2.38 bits per heavy atom. The summed E-state index contributed by atoms with van der Waals surface area (Å²) in [4.78, 5) is 24.8. The van der Waals surface area contributed by atoms with Crippen LogP contribution in [0.3, 0.4) is 0 Å². The molecule has 1 amide bonds. The van der Waals surface area contributed by atoms with Crippen molar-refractivity contribution in [3.05, 3.63) is 69.8 Å². The zero-order valence-electron chi connectivity index (χ0n) is 11.9. The van der Waals surface area contributed by atoms with E-state index in [2.05, 4.69) is 0 Å². The number of nitro groups is 1. The minimum atomic E-state index is -0.529. The quantitative estimate of drug-likeness (QED) is 0.637. The SMILES string of the molecule is CCN(C(=O)c1ccccc1[N+](=O)[O-])c1ccccc1C. The molecular weight excluding hydrogens is 268 g/mol. The minimum Gasteiger partial charge on any atom is -0.308 e. The Kier molecular flexibility index (Phi) is 4.33. The van der Waals surface area contributed by atoms with Gasteiger partial charge in [-0.1, -0.05) is 30.3 Å². The molecule has 108 valence electrons. The van der Waals surface area contributed by atoms with Crippen molar-refractivity contribution in [2.24, 2.45) is 0 Å². The fourth-order valence-corrected chi connectivity index (χ4v) is 2.25. The first kappa shape index (κ1) is 14.7. The molecule has 0 heterocycles. The van der Waals surface area contributed by atoms with Gasteiger partial charge in [0.25, 0.3) is 11.6 Å². The third-order valence-corrected chi connectivity index (χ3v) is 3.30. The first-order valence-corrected chi connectivity index (χ1v) is 6.67. The van der Waals surface area contributed by atoms with E-state index >= 15 is 0 Å². The van der Waals surface area contributed by atoms with Gasteiger partial charge in [-0.2, -0.15) is 0 Å². The summed E-state index contributed by atoms with van der Waals surface area (Å²) in [5.74, 6) is -0.362. The van der Waals surface area contributed by atoms with Gasteiger partial charge in [0.15, 0.2) is 0 Å². The Balaban J connectivity index is 2.47. The van der Waals surface area contributed by atoms with Gasteiger partial charge < -0.3 is 4.90 Å². The lowest BCUT2D eigenvalue weighted by Gasteiger charge is -2.22. The molecule has 0 saturated carbocycles. The van der Waals surface area contributed by atoms with Crippen molar-refractivity contribution < 1.29 is 9.72 Å². The number of benzene rings is 2. The molecule has 5 heteroatoms. The van der Waals surface area contributed by atoms with E-state index in [1.807, 2.05) is 38.1 Å². The van der Waals surface area contributed by atoms with Crippen molar-refractivity contribution in [1.29, 1.82) is 0 Å². The van der Waals surface area contributed by atoms with Crippen molar-refractivity contribution in [2.75, 3.05) is 11.4 Å². The highest BCUT2D eigenvalue weighted by Crippen LogP contribution is 2.25. The van der Waals surface area contributed by atoms with Crippen LogP contribution in [0.2, 0.25) is 0 Å². The van der Waals surface area contributed by atoms with Crippen molar-refractivity contribution in [1.82, 2.24) is 0 Å². The molecule has 0 unspecified atom stereocenters. The topological polar surface area (TPSA) is 63.5 Å². The fraction of sp³-hybridized carbons (Fsp3) is 0.188. The molecule has 2 aromatic carbocycles. The van der Waals surface area contributed by atoms with Gasteiger partial charge in [-0.15, -0.1) is 0 Å². The number of carbonyl (C=O) groups excluding carboxylic acids is 1. The largest absolute Gasteiger partial charge is 0.308 e. The second kappa shape index (κ2) is 6.17. The molecule has 0 fully saturated rings. The summed E-state index contributed by atoms with van der Waals surface area (Å²) in [6.45, 7) is 4.19.